The van der Waals surface area contributed by atoms with Crippen molar-refractivity contribution in [3.63, 3.8) is 0 Å². The van der Waals surface area contributed by atoms with Crippen LogP contribution in [0.1, 0.15) is 13.3 Å². The van der Waals surface area contributed by atoms with Crippen molar-refractivity contribution < 1.29 is 8.42 Å². The molecule has 1 saturated heterocycles. The molecule has 2 unspecified atom stereocenters. The number of halogens is 1. The molecule has 14 heavy (non-hydrogen) atoms. The zero-order chi connectivity index (χ0) is 10.8. The fourth-order valence-corrected chi connectivity index (χ4v) is 2.49. The van der Waals surface area contributed by atoms with Gasteiger partial charge in [0.15, 0.2) is 0 Å². The number of piperidine rings is 1. The fourth-order valence-electron chi connectivity index (χ4n) is 1.58. The van der Waals surface area contributed by atoms with E-state index in [4.69, 9.17) is 11.6 Å². The van der Waals surface area contributed by atoms with E-state index in [1.165, 1.54) is 6.26 Å². The van der Waals surface area contributed by atoms with E-state index in [0.29, 0.717) is 12.5 Å². The predicted octanol–water partition coefficient (Wildman–Crippen LogP) is 0.980. The van der Waals surface area contributed by atoms with Crippen molar-refractivity contribution in [2.75, 3.05) is 31.6 Å². The van der Waals surface area contributed by atoms with Gasteiger partial charge in [0.25, 0.3) is 0 Å². The molecule has 5 heteroatoms. The highest BCUT2D eigenvalue weighted by molar-refractivity contribution is 7.90. The summed E-state index contributed by atoms with van der Waals surface area (Å²) in [5.41, 5.74) is 0. The van der Waals surface area contributed by atoms with Crippen LogP contribution < -0.4 is 0 Å². The zero-order valence-electron chi connectivity index (χ0n) is 8.74. The highest BCUT2D eigenvalue weighted by Crippen LogP contribution is 2.21. The second-order valence-corrected chi connectivity index (χ2v) is 7.03. The van der Waals surface area contributed by atoms with Crippen LogP contribution in [-0.4, -0.2) is 50.3 Å². The third-order valence-corrected chi connectivity index (χ3v) is 4.22. The summed E-state index contributed by atoms with van der Waals surface area (Å²) in [4.78, 5) is 2.14. The minimum atomic E-state index is -2.84. The van der Waals surface area contributed by atoms with Crippen LogP contribution in [0.2, 0.25) is 0 Å². The lowest BCUT2D eigenvalue weighted by molar-refractivity contribution is 0.206. The molecule has 0 aromatic carbocycles. The molecule has 0 aromatic rings. The Hall–Kier alpha value is 0.200. The van der Waals surface area contributed by atoms with Gasteiger partial charge >= 0.3 is 0 Å². The summed E-state index contributed by atoms with van der Waals surface area (Å²) < 4.78 is 21.9. The second-order valence-electron chi connectivity index (χ2n) is 4.21. The lowest BCUT2D eigenvalue weighted by Crippen LogP contribution is -2.42. The zero-order valence-corrected chi connectivity index (χ0v) is 10.3. The summed E-state index contributed by atoms with van der Waals surface area (Å²) in [6.45, 7) is 4.55. The first kappa shape index (κ1) is 12.3. The minimum absolute atomic E-state index is 0.170. The molecule has 0 saturated carbocycles. The summed E-state index contributed by atoms with van der Waals surface area (Å²) in [6.07, 6.45) is 2.34. The van der Waals surface area contributed by atoms with Crippen molar-refractivity contribution in [1.29, 1.82) is 0 Å². The van der Waals surface area contributed by atoms with Gasteiger partial charge in [0.05, 0.1) is 5.75 Å². The van der Waals surface area contributed by atoms with Crippen LogP contribution in [0.15, 0.2) is 0 Å². The van der Waals surface area contributed by atoms with E-state index >= 15 is 0 Å². The van der Waals surface area contributed by atoms with E-state index < -0.39 is 9.84 Å². The average molecular weight is 240 g/mol. The lowest BCUT2D eigenvalue weighted by atomic mass is 9.99. The molecule has 0 N–H and O–H groups in total. The third kappa shape index (κ3) is 4.15. The smallest absolute Gasteiger partial charge is 0.148 e. The number of likely N-dealkylation sites (tertiary alicyclic amines) is 1. The summed E-state index contributed by atoms with van der Waals surface area (Å²) in [5.74, 6) is 0.788. The lowest BCUT2D eigenvalue weighted by Gasteiger charge is -2.33. The third-order valence-electron chi connectivity index (χ3n) is 2.73. The first-order chi connectivity index (χ1) is 6.38. The summed E-state index contributed by atoms with van der Waals surface area (Å²) in [7, 11) is -2.84. The highest BCUT2D eigenvalue weighted by Gasteiger charge is 2.24. The monoisotopic (exact) mass is 239 g/mol. The predicted molar refractivity (Wildman–Crippen MR) is 59.6 cm³/mol. The molecule has 3 nitrogen and oxygen atoms in total. The van der Waals surface area contributed by atoms with Crippen LogP contribution in [0.3, 0.4) is 0 Å². The molecule has 0 bridgehead atoms. The largest absolute Gasteiger partial charge is 0.301 e. The Bertz CT molecular complexity index is 279. The molecule has 84 valence electrons. The minimum Gasteiger partial charge on any atom is -0.301 e. The maximum absolute atomic E-state index is 11.0. The van der Waals surface area contributed by atoms with Crippen molar-refractivity contribution in [3.05, 3.63) is 0 Å². The average Bonchev–Trinajstić information content (AvgIpc) is 2.06. The Morgan fingerprint density at radius 3 is 2.64 bits per heavy atom. The van der Waals surface area contributed by atoms with Gasteiger partial charge in [-0.2, -0.15) is 0 Å². The van der Waals surface area contributed by atoms with E-state index in [2.05, 4.69) is 11.8 Å². The Kier molecular flexibility index (Phi) is 4.22. The number of nitrogens with zero attached hydrogens (tertiary/aromatic N) is 1. The molecule has 0 amide bonds. The molecule has 0 aromatic heterocycles. The van der Waals surface area contributed by atoms with E-state index in [-0.39, 0.29) is 11.1 Å². The molecule has 2 atom stereocenters. The quantitative estimate of drug-likeness (QED) is 0.689. The van der Waals surface area contributed by atoms with Gasteiger partial charge in [-0.3, -0.25) is 0 Å². The molecule has 1 rings (SSSR count). The number of hydrogen-bond donors (Lipinski definition) is 0. The Morgan fingerprint density at radius 1 is 1.50 bits per heavy atom. The molecular formula is C9H18ClNO2S. The molecule has 0 spiro atoms. The second kappa shape index (κ2) is 4.81. The molecule has 1 aliphatic rings. The number of sulfone groups is 1. The van der Waals surface area contributed by atoms with E-state index in [1.54, 1.807) is 0 Å². The van der Waals surface area contributed by atoms with Gasteiger partial charge in [0, 0.05) is 24.7 Å². The summed E-state index contributed by atoms with van der Waals surface area (Å²) in [5, 5.41) is 0.170. The first-order valence-corrected chi connectivity index (χ1v) is 7.42. The van der Waals surface area contributed by atoms with Gasteiger partial charge in [-0.15, -0.1) is 11.6 Å². The summed E-state index contributed by atoms with van der Waals surface area (Å²) in [6, 6.07) is 0. The number of hydrogen-bond acceptors (Lipinski definition) is 3. The Morgan fingerprint density at radius 2 is 2.14 bits per heavy atom. The fraction of sp³-hybridized carbons (Fsp3) is 1.00. The Balaban J connectivity index is 2.34. The molecule has 0 radical (unpaired) electrons. The normalized spacial score (nSPS) is 30.5. The van der Waals surface area contributed by atoms with E-state index in [0.717, 1.165) is 19.5 Å². The number of alkyl halides is 1. The van der Waals surface area contributed by atoms with Crippen LogP contribution in [0, 0.1) is 5.92 Å². The summed E-state index contributed by atoms with van der Waals surface area (Å²) >= 11 is 6.12. The molecule has 1 fully saturated rings. The SMILES string of the molecule is CC1CCN(CCS(C)(=O)=O)CC1Cl. The maximum Gasteiger partial charge on any atom is 0.148 e. The van der Waals surface area contributed by atoms with E-state index in [9.17, 15) is 8.42 Å². The van der Waals surface area contributed by atoms with Crippen LogP contribution >= 0.6 is 11.6 Å². The van der Waals surface area contributed by atoms with Crippen molar-refractivity contribution in [3.8, 4) is 0 Å². The first-order valence-electron chi connectivity index (χ1n) is 4.92. The highest BCUT2D eigenvalue weighted by atomic mass is 35.5. The van der Waals surface area contributed by atoms with Gasteiger partial charge < -0.3 is 4.90 Å². The van der Waals surface area contributed by atoms with Gasteiger partial charge in [0.2, 0.25) is 0 Å². The van der Waals surface area contributed by atoms with Crippen molar-refractivity contribution in [2.24, 2.45) is 5.92 Å². The molecule has 1 aliphatic heterocycles. The topological polar surface area (TPSA) is 37.4 Å². The Labute approximate surface area is 91.3 Å². The van der Waals surface area contributed by atoms with Gasteiger partial charge in [-0.1, -0.05) is 6.92 Å². The van der Waals surface area contributed by atoms with Gasteiger partial charge in [-0.25, -0.2) is 8.42 Å². The van der Waals surface area contributed by atoms with Crippen molar-refractivity contribution in [2.45, 2.75) is 18.7 Å². The molecule has 1 heterocycles. The van der Waals surface area contributed by atoms with Crippen molar-refractivity contribution in [1.82, 2.24) is 4.90 Å². The van der Waals surface area contributed by atoms with E-state index in [1.807, 2.05) is 0 Å². The number of rotatable bonds is 3. The maximum atomic E-state index is 11.0. The standard InChI is InChI=1S/C9H18ClNO2S/c1-8-3-4-11(7-9(8)10)5-6-14(2,12)13/h8-9H,3-7H2,1-2H3. The molecular weight excluding hydrogens is 222 g/mol. The molecule has 0 aliphatic carbocycles. The van der Waals surface area contributed by atoms with Gasteiger partial charge in [-0.05, 0) is 18.9 Å². The van der Waals surface area contributed by atoms with Crippen LogP contribution in [0.4, 0.5) is 0 Å². The van der Waals surface area contributed by atoms with Crippen molar-refractivity contribution >= 4 is 21.4 Å². The van der Waals surface area contributed by atoms with Crippen LogP contribution in [0.25, 0.3) is 0 Å². The van der Waals surface area contributed by atoms with Crippen LogP contribution in [-0.2, 0) is 9.84 Å². The van der Waals surface area contributed by atoms with Gasteiger partial charge in [0.1, 0.15) is 9.84 Å². The van der Waals surface area contributed by atoms with Crippen LogP contribution in [0.5, 0.6) is 0 Å².